The number of fused-ring (bicyclic) bond motifs is 1. The van der Waals surface area contributed by atoms with Crippen molar-refractivity contribution in [2.45, 2.75) is 44.8 Å². The van der Waals surface area contributed by atoms with E-state index in [1.807, 2.05) is 45.0 Å². The van der Waals surface area contributed by atoms with Gasteiger partial charge in [-0.2, -0.15) is 0 Å². The topological polar surface area (TPSA) is 76.9 Å². The highest BCUT2D eigenvalue weighted by Gasteiger charge is 2.16. The average molecular weight is 397 g/mol. The second-order valence-corrected chi connectivity index (χ2v) is 7.50. The number of hydrogen-bond donors (Lipinski definition) is 1. The zero-order valence-electron chi connectivity index (χ0n) is 16.3. The fraction of sp³-hybridized carbons (Fsp3) is 0.333. The van der Waals surface area contributed by atoms with Gasteiger partial charge in [0.15, 0.2) is 5.16 Å². The molecule has 0 saturated heterocycles. The van der Waals surface area contributed by atoms with Gasteiger partial charge in [0, 0.05) is 11.7 Å². The summed E-state index contributed by atoms with van der Waals surface area (Å²) in [4.78, 5) is 34.6. The molecule has 0 aliphatic rings. The molecule has 0 aliphatic heterocycles. The number of carbonyl (C=O) groups is 1. The van der Waals surface area contributed by atoms with Gasteiger partial charge in [0.05, 0.1) is 16.7 Å². The number of aromatic nitrogens is 3. The van der Waals surface area contributed by atoms with E-state index in [0.717, 1.165) is 18.5 Å². The van der Waals surface area contributed by atoms with Gasteiger partial charge in [-0.15, -0.1) is 0 Å². The smallest absolute Gasteiger partial charge is 0.267 e. The summed E-state index contributed by atoms with van der Waals surface area (Å²) in [6.07, 6.45) is 1.78. The van der Waals surface area contributed by atoms with Gasteiger partial charge in [-0.3, -0.25) is 9.59 Å². The van der Waals surface area contributed by atoms with Gasteiger partial charge < -0.3 is 5.32 Å². The van der Waals surface area contributed by atoms with Crippen LogP contribution < -0.4 is 10.9 Å². The van der Waals surface area contributed by atoms with Gasteiger partial charge in [-0.25, -0.2) is 14.5 Å². The molecule has 6 nitrogen and oxygen atoms in total. The number of rotatable bonds is 7. The lowest BCUT2D eigenvalue weighted by atomic mass is 10.2. The molecule has 0 saturated carbocycles. The van der Waals surface area contributed by atoms with E-state index in [-0.39, 0.29) is 23.3 Å². The molecule has 1 N–H and O–H groups in total. The molecule has 0 radical (unpaired) electrons. The van der Waals surface area contributed by atoms with E-state index in [0.29, 0.717) is 21.9 Å². The van der Waals surface area contributed by atoms with Crippen molar-refractivity contribution >= 4 is 28.6 Å². The van der Waals surface area contributed by atoms with Gasteiger partial charge in [-0.05, 0) is 44.0 Å². The molecular formula is C21H24N4O2S. The van der Waals surface area contributed by atoms with Crippen LogP contribution in [-0.2, 0) is 4.79 Å². The Hall–Kier alpha value is -2.67. The largest absolute Gasteiger partial charge is 0.353 e. The van der Waals surface area contributed by atoms with Crippen LogP contribution in [0.25, 0.3) is 16.7 Å². The highest BCUT2D eigenvalue weighted by molar-refractivity contribution is 7.99. The average Bonchev–Trinajstić information content (AvgIpc) is 2.70. The first-order valence-electron chi connectivity index (χ1n) is 9.41. The van der Waals surface area contributed by atoms with Crippen LogP contribution in [-0.4, -0.2) is 32.2 Å². The summed E-state index contributed by atoms with van der Waals surface area (Å²) in [5.74, 6) is 0.628. The van der Waals surface area contributed by atoms with E-state index in [4.69, 9.17) is 0 Å². The summed E-state index contributed by atoms with van der Waals surface area (Å²) in [5, 5.41) is 4.00. The molecule has 1 amide bonds. The van der Waals surface area contributed by atoms with E-state index in [2.05, 4.69) is 15.3 Å². The van der Waals surface area contributed by atoms with Gasteiger partial charge in [0.25, 0.3) is 5.56 Å². The predicted molar refractivity (Wildman–Crippen MR) is 113 cm³/mol. The van der Waals surface area contributed by atoms with Crippen LogP contribution in [0.3, 0.4) is 0 Å². The fourth-order valence-electron chi connectivity index (χ4n) is 2.96. The second kappa shape index (κ2) is 9.01. The van der Waals surface area contributed by atoms with Crippen molar-refractivity contribution in [3.8, 4) is 5.82 Å². The molecule has 3 aromatic rings. The van der Waals surface area contributed by atoms with Gasteiger partial charge in [0.1, 0.15) is 5.82 Å². The van der Waals surface area contributed by atoms with Crippen molar-refractivity contribution in [1.29, 1.82) is 0 Å². The Morgan fingerprint density at radius 2 is 1.86 bits per heavy atom. The number of nitrogens with zero attached hydrogens (tertiary/aromatic N) is 3. The monoisotopic (exact) mass is 396 g/mol. The van der Waals surface area contributed by atoms with E-state index < -0.39 is 0 Å². The standard InChI is InChI=1S/C21H24N4O2S/c1-4-15(5-2)23-19(26)13-28-21-24-17-11-7-6-10-16(17)20(27)25(21)18-12-8-9-14(3)22-18/h6-12,15H,4-5,13H2,1-3H3,(H,23,26). The molecule has 146 valence electrons. The Kier molecular flexibility index (Phi) is 6.46. The maximum Gasteiger partial charge on any atom is 0.267 e. The van der Waals surface area contributed by atoms with E-state index in [1.165, 1.54) is 16.3 Å². The number of nitrogens with one attached hydrogen (secondary N) is 1. The third-order valence-electron chi connectivity index (χ3n) is 4.53. The Labute approximate surface area is 168 Å². The number of hydrogen-bond acceptors (Lipinski definition) is 5. The normalized spacial score (nSPS) is 11.1. The van der Waals surface area contributed by atoms with Gasteiger partial charge in [0.2, 0.25) is 5.91 Å². The first kappa shape index (κ1) is 20.1. The van der Waals surface area contributed by atoms with Crippen LogP contribution in [0, 0.1) is 6.92 Å². The van der Waals surface area contributed by atoms with Crippen LogP contribution in [0.1, 0.15) is 32.4 Å². The Bertz CT molecular complexity index is 1040. The third kappa shape index (κ3) is 4.42. The van der Waals surface area contributed by atoms with E-state index >= 15 is 0 Å². The summed E-state index contributed by atoms with van der Waals surface area (Å²) in [5.41, 5.74) is 1.23. The van der Waals surface area contributed by atoms with Crippen LogP contribution in [0.15, 0.2) is 52.4 Å². The molecule has 0 spiro atoms. The lowest BCUT2D eigenvalue weighted by molar-refractivity contribution is -0.119. The molecule has 2 aromatic heterocycles. The van der Waals surface area contributed by atoms with Crippen LogP contribution in [0.5, 0.6) is 0 Å². The zero-order valence-corrected chi connectivity index (χ0v) is 17.1. The number of benzene rings is 1. The molecule has 2 heterocycles. The number of para-hydroxylation sites is 1. The van der Waals surface area contributed by atoms with Crippen molar-refractivity contribution in [3.05, 3.63) is 58.5 Å². The Balaban J connectivity index is 1.99. The summed E-state index contributed by atoms with van der Waals surface area (Å²) < 4.78 is 1.49. The van der Waals surface area contributed by atoms with E-state index in [9.17, 15) is 9.59 Å². The quantitative estimate of drug-likeness (QED) is 0.489. The van der Waals surface area contributed by atoms with Crippen molar-refractivity contribution in [1.82, 2.24) is 19.9 Å². The van der Waals surface area contributed by atoms with Crippen molar-refractivity contribution in [2.75, 3.05) is 5.75 Å². The molecule has 1 aromatic carbocycles. The second-order valence-electron chi connectivity index (χ2n) is 6.56. The number of amides is 1. The van der Waals surface area contributed by atoms with Crippen LogP contribution >= 0.6 is 11.8 Å². The minimum atomic E-state index is -0.188. The molecule has 3 rings (SSSR count). The first-order chi connectivity index (χ1) is 13.5. The summed E-state index contributed by atoms with van der Waals surface area (Å²) in [7, 11) is 0. The highest BCUT2D eigenvalue weighted by Crippen LogP contribution is 2.20. The van der Waals surface area contributed by atoms with Crippen molar-refractivity contribution in [3.63, 3.8) is 0 Å². The Morgan fingerprint density at radius 3 is 2.57 bits per heavy atom. The summed E-state index contributed by atoms with van der Waals surface area (Å²) in [6, 6.07) is 12.9. The molecule has 0 bridgehead atoms. The third-order valence-corrected chi connectivity index (χ3v) is 5.47. The minimum Gasteiger partial charge on any atom is -0.353 e. The van der Waals surface area contributed by atoms with Crippen molar-refractivity contribution in [2.24, 2.45) is 0 Å². The summed E-state index contributed by atoms with van der Waals surface area (Å²) >= 11 is 1.25. The lowest BCUT2D eigenvalue weighted by Gasteiger charge is -2.15. The maximum atomic E-state index is 13.1. The number of carbonyl (C=O) groups excluding carboxylic acids is 1. The van der Waals surface area contributed by atoms with Crippen molar-refractivity contribution < 1.29 is 4.79 Å². The molecule has 0 aliphatic carbocycles. The van der Waals surface area contributed by atoms with Gasteiger partial charge >= 0.3 is 0 Å². The van der Waals surface area contributed by atoms with Gasteiger partial charge in [-0.1, -0.05) is 43.8 Å². The molecule has 0 atom stereocenters. The minimum absolute atomic E-state index is 0.0649. The predicted octanol–water partition coefficient (Wildman–Crippen LogP) is 3.49. The summed E-state index contributed by atoms with van der Waals surface area (Å²) in [6.45, 7) is 5.97. The number of aryl methyl sites for hydroxylation is 1. The first-order valence-corrected chi connectivity index (χ1v) is 10.4. The number of pyridine rings is 1. The molecule has 28 heavy (non-hydrogen) atoms. The molecule has 7 heteroatoms. The highest BCUT2D eigenvalue weighted by atomic mass is 32.2. The molecular weight excluding hydrogens is 372 g/mol. The van der Waals surface area contributed by atoms with Crippen LogP contribution in [0.4, 0.5) is 0 Å². The molecule has 0 unspecified atom stereocenters. The number of thioether (sulfide) groups is 1. The Morgan fingerprint density at radius 1 is 1.11 bits per heavy atom. The lowest BCUT2D eigenvalue weighted by Crippen LogP contribution is -2.35. The van der Waals surface area contributed by atoms with E-state index in [1.54, 1.807) is 18.2 Å². The SMILES string of the molecule is CCC(CC)NC(=O)CSc1nc2ccccc2c(=O)n1-c1cccc(C)n1. The molecule has 0 fully saturated rings. The van der Waals surface area contributed by atoms with Crippen LogP contribution in [0.2, 0.25) is 0 Å². The fourth-order valence-corrected chi connectivity index (χ4v) is 3.77. The maximum absolute atomic E-state index is 13.1. The zero-order chi connectivity index (χ0) is 20.1.